The molecule has 0 spiro atoms. The van der Waals surface area contributed by atoms with Crippen molar-refractivity contribution in [3.8, 4) is 5.75 Å². The number of anilines is 1. The Morgan fingerprint density at radius 2 is 2.13 bits per heavy atom. The van der Waals surface area contributed by atoms with E-state index in [1.165, 1.54) is 21.9 Å². The maximum atomic E-state index is 13.8. The van der Waals surface area contributed by atoms with Gasteiger partial charge in [-0.25, -0.2) is 13.4 Å². The zero-order chi connectivity index (χ0) is 22.2. The molecule has 0 radical (unpaired) electrons. The monoisotopic (exact) mass is 467 g/mol. The minimum absolute atomic E-state index is 0.0748. The number of ether oxygens (including phenoxy) is 2. The van der Waals surface area contributed by atoms with Crippen LogP contribution in [0.25, 0.3) is 10.2 Å². The minimum atomic E-state index is -3.49. The topological polar surface area (TPSA) is 89.0 Å². The van der Waals surface area contributed by atoms with Crippen LogP contribution in [-0.4, -0.2) is 68.8 Å². The number of nitrogens with zero attached hydrogens (tertiary/aromatic N) is 3. The molecule has 1 aromatic carbocycles. The number of fused-ring (bicyclic) bond motifs is 1. The Labute approximate surface area is 187 Å². The second kappa shape index (κ2) is 9.01. The zero-order valence-electron chi connectivity index (χ0n) is 18.2. The van der Waals surface area contributed by atoms with Gasteiger partial charge in [-0.2, -0.15) is 4.31 Å². The van der Waals surface area contributed by atoms with Crippen LogP contribution in [0.2, 0.25) is 0 Å². The number of rotatable bonds is 6. The van der Waals surface area contributed by atoms with Gasteiger partial charge in [0.1, 0.15) is 17.3 Å². The highest BCUT2D eigenvalue weighted by atomic mass is 32.2. The molecule has 2 unspecified atom stereocenters. The summed E-state index contributed by atoms with van der Waals surface area (Å²) in [5.41, 5.74) is 1.77. The van der Waals surface area contributed by atoms with Crippen LogP contribution in [0.5, 0.6) is 5.75 Å². The fourth-order valence-corrected chi connectivity index (χ4v) is 6.55. The van der Waals surface area contributed by atoms with Gasteiger partial charge in [-0.15, -0.1) is 0 Å². The fraction of sp³-hybridized carbons (Fsp3) is 0.619. The molecule has 1 aromatic heterocycles. The van der Waals surface area contributed by atoms with Crippen LogP contribution in [0.4, 0.5) is 5.13 Å². The SMILES string of the molecule is COc1ccc(C)c2sc(N(CC3CCCO3)C(=O)C3CCCCN3S(C)(=O)=O)nc12. The standard InChI is InChI=1S/C21H29N3O5S2/c1-14-9-10-17(28-2)18-19(14)30-21(22-18)23(13-15-7-6-12-29-15)20(25)16-8-4-5-11-24(16)31(3,26)27/h9-10,15-16H,4-8,11-13H2,1-3H3. The number of methoxy groups -OCH3 is 1. The quantitative estimate of drug-likeness (QED) is 0.649. The van der Waals surface area contributed by atoms with Crippen molar-refractivity contribution >= 4 is 42.6 Å². The number of amides is 1. The van der Waals surface area contributed by atoms with E-state index in [4.69, 9.17) is 14.5 Å². The molecular formula is C21H29N3O5S2. The van der Waals surface area contributed by atoms with E-state index >= 15 is 0 Å². The predicted molar refractivity (Wildman–Crippen MR) is 121 cm³/mol. The Balaban J connectivity index is 1.74. The first-order valence-corrected chi connectivity index (χ1v) is 13.3. The molecule has 2 saturated heterocycles. The molecule has 2 aromatic rings. The number of aryl methyl sites for hydroxylation is 1. The Bertz CT molecular complexity index is 1060. The highest BCUT2D eigenvalue weighted by Crippen LogP contribution is 2.37. The maximum absolute atomic E-state index is 13.8. The predicted octanol–water partition coefficient (Wildman–Crippen LogP) is 2.94. The number of thiazole rings is 1. The average molecular weight is 468 g/mol. The molecule has 1 amide bonds. The maximum Gasteiger partial charge on any atom is 0.247 e. The second-order valence-corrected chi connectivity index (χ2v) is 11.1. The molecule has 31 heavy (non-hydrogen) atoms. The van der Waals surface area contributed by atoms with Crippen molar-refractivity contribution in [2.75, 3.05) is 38.0 Å². The van der Waals surface area contributed by atoms with Gasteiger partial charge in [-0.3, -0.25) is 9.69 Å². The number of piperidine rings is 1. The van der Waals surface area contributed by atoms with E-state index in [1.807, 2.05) is 19.1 Å². The van der Waals surface area contributed by atoms with Gasteiger partial charge in [-0.05, 0) is 44.2 Å². The second-order valence-electron chi connectivity index (χ2n) is 8.23. The molecule has 0 bridgehead atoms. The highest BCUT2D eigenvalue weighted by molar-refractivity contribution is 7.88. The van der Waals surface area contributed by atoms with Crippen LogP contribution < -0.4 is 9.64 Å². The molecule has 2 fully saturated rings. The van der Waals surface area contributed by atoms with E-state index in [-0.39, 0.29) is 12.0 Å². The normalized spacial score (nSPS) is 22.7. The van der Waals surface area contributed by atoms with Crippen molar-refractivity contribution in [1.82, 2.24) is 9.29 Å². The molecule has 3 heterocycles. The molecule has 4 rings (SSSR count). The third-order valence-electron chi connectivity index (χ3n) is 5.98. The van der Waals surface area contributed by atoms with E-state index in [1.54, 1.807) is 12.0 Å². The van der Waals surface area contributed by atoms with Crippen molar-refractivity contribution in [2.45, 2.75) is 51.2 Å². The van der Waals surface area contributed by atoms with Gasteiger partial charge in [0.15, 0.2) is 5.13 Å². The van der Waals surface area contributed by atoms with Gasteiger partial charge >= 0.3 is 0 Å². The lowest BCUT2D eigenvalue weighted by molar-refractivity contribution is -0.123. The summed E-state index contributed by atoms with van der Waals surface area (Å²) in [6.07, 6.45) is 5.03. The van der Waals surface area contributed by atoms with Crippen LogP contribution in [0.3, 0.4) is 0 Å². The van der Waals surface area contributed by atoms with Crippen molar-refractivity contribution in [1.29, 1.82) is 0 Å². The lowest BCUT2D eigenvalue weighted by Crippen LogP contribution is -2.54. The molecule has 0 saturated carbocycles. The van der Waals surface area contributed by atoms with Crippen LogP contribution in [0, 0.1) is 6.92 Å². The molecule has 0 N–H and O–H groups in total. The first-order valence-electron chi connectivity index (χ1n) is 10.6. The third-order valence-corrected chi connectivity index (χ3v) is 8.49. The van der Waals surface area contributed by atoms with E-state index in [0.717, 1.165) is 41.5 Å². The number of benzene rings is 1. The first-order chi connectivity index (χ1) is 14.8. The van der Waals surface area contributed by atoms with Crippen LogP contribution in [-0.2, 0) is 19.6 Å². The third kappa shape index (κ3) is 4.57. The number of aromatic nitrogens is 1. The molecule has 2 aliphatic rings. The Morgan fingerprint density at radius 1 is 1.32 bits per heavy atom. The first kappa shape index (κ1) is 22.4. The van der Waals surface area contributed by atoms with Crippen LogP contribution >= 0.6 is 11.3 Å². The zero-order valence-corrected chi connectivity index (χ0v) is 19.8. The summed E-state index contributed by atoms with van der Waals surface area (Å²) >= 11 is 1.44. The van der Waals surface area contributed by atoms with Gasteiger partial charge in [0.05, 0.1) is 30.7 Å². The summed E-state index contributed by atoms with van der Waals surface area (Å²) in [6.45, 7) is 3.42. The van der Waals surface area contributed by atoms with E-state index in [2.05, 4.69) is 0 Å². The van der Waals surface area contributed by atoms with Gasteiger partial charge in [0.25, 0.3) is 0 Å². The molecule has 2 aliphatic heterocycles. The molecule has 2 atom stereocenters. The number of carbonyl (C=O) groups excluding carboxylic acids is 1. The lowest BCUT2D eigenvalue weighted by atomic mass is 10.0. The van der Waals surface area contributed by atoms with Gasteiger partial charge in [0.2, 0.25) is 15.9 Å². The molecular weight excluding hydrogens is 438 g/mol. The van der Waals surface area contributed by atoms with Gasteiger partial charge in [0, 0.05) is 13.2 Å². The van der Waals surface area contributed by atoms with Crippen molar-refractivity contribution < 1.29 is 22.7 Å². The van der Waals surface area contributed by atoms with Crippen molar-refractivity contribution in [2.24, 2.45) is 0 Å². The number of sulfonamides is 1. The summed E-state index contributed by atoms with van der Waals surface area (Å²) in [7, 11) is -1.89. The lowest BCUT2D eigenvalue weighted by Gasteiger charge is -2.35. The number of hydrogen-bond acceptors (Lipinski definition) is 7. The van der Waals surface area contributed by atoms with Gasteiger partial charge < -0.3 is 9.47 Å². The largest absolute Gasteiger partial charge is 0.494 e. The molecule has 0 aliphatic carbocycles. The Kier molecular flexibility index (Phi) is 6.52. The number of hydrogen-bond donors (Lipinski definition) is 0. The fourth-order valence-electron chi connectivity index (χ4n) is 4.36. The highest BCUT2D eigenvalue weighted by Gasteiger charge is 2.39. The van der Waals surface area contributed by atoms with Gasteiger partial charge in [-0.1, -0.05) is 23.8 Å². The number of carbonyl (C=O) groups is 1. The summed E-state index contributed by atoms with van der Waals surface area (Å²) in [5, 5.41) is 0.558. The molecule has 170 valence electrons. The van der Waals surface area contributed by atoms with Crippen molar-refractivity contribution in [3.63, 3.8) is 0 Å². The van der Waals surface area contributed by atoms with E-state index < -0.39 is 16.1 Å². The smallest absolute Gasteiger partial charge is 0.247 e. The van der Waals surface area contributed by atoms with E-state index in [0.29, 0.717) is 37.0 Å². The van der Waals surface area contributed by atoms with Crippen LogP contribution in [0.1, 0.15) is 37.7 Å². The average Bonchev–Trinajstić information content (AvgIpc) is 3.41. The van der Waals surface area contributed by atoms with Crippen molar-refractivity contribution in [3.05, 3.63) is 17.7 Å². The van der Waals surface area contributed by atoms with Crippen LogP contribution in [0.15, 0.2) is 12.1 Å². The minimum Gasteiger partial charge on any atom is -0.494 e. The molecule has 8 nitrogen and oxygen atoms in total. The Morgan fingerprint density at radius 3 is 2.81 bits per heavy atom. The summed E-state index contributed by atoms with van der Waals surface area (Å²) in [4.78, 5) is 20.2. The summed E-state index contributed by atoms with van der Waals surface area (Å²) < 4.78 is 38.3. The summed E-state index contributed by atoms with van der Waals surface area (Å²) in [6, 6.07) is 3.14. The molecule has 10 heteroatoms. The summed E-state index contributed by atoms with van der Waals surface area (Å²) in [5.74, 6) is 0.430. The Hall–Kier alpha value is -1.75. The van der Waals surface area contributed by atoms with E-state index in [9.17, 15) is 13.2 Å².